The van der Waals surface area contributed by atoms with Crippen LogP contribution in [0.2, 0.25) is 0 Å². The molecule has 0 aromatic heterocycles. The first-order valence-corrected chi connectivity index (χ1v) is 6.94. The summed E-state index contributed by atoms with van der Waals surface area (Å²) in [6.07, 6.45) is -2.53. The summed E-state index contributed by atoms with van der Waals surface area (Å²) in [5.74, 6) is -0.00980. The molecule has 7 heteroatoms. The predicted octanol–water partition coefficient (Wildman–Crippen LogP) is 1.80. The first-order valence-electron chi connectivity index (χ1n) is 6.94. The van der Waals surface area contributed by atoms with Crippen molar-refractivity contribution in [3.05, 3.63) is 0 Å². The van der Waals surface area contributed by atoms with Crippen molar-refractivity contribution in [2.24, 2.45) is 5.92 Å². The lowest BCUT2D eigenvalue weighted by atomic mass is 9.90. The van der Waals surface area contributed by atoms with Gasteiger partial charge in [0.2, 0.25) is 0 Å². The van der Waals surface area contributed by atoms with Gasteiger partial charge >= 0.3 is 12.1 Å². The van der Waals surface area contributed by atoms with Crippen molar-refractivity contribution in [1.82, 2.24) is 10.2 Å². The van der Waals surface area contributed by atoms with Gasteiger partial charge in [0.25, 0.3) is 0 Å². The fourth-order valence-corrected chi connectivity index (χ4v) is 2.62. The lowest BCUT2D eigenvalue weighted by molar-refractivity contribution is -0.143. The highest BCUT2D eigenvalue weighted by Gasteiger charge is 2.31. The van der Waals surface area contributed by atoms with Crippen LogP contribution in [0.15, 0.2) is 0 Å². The summed E-state index contributed by atoms with van der Waals surface area (Å²) < 4.78 is 41.5. The van der Waals surface area contributed by atoms with Gasteiger partial charge in [0.15, 0.2) is 0 Å². The maximum absolute atomic E-state index is 12.2. The predicted molar refractivity (Wildman–Crippen MR) is 69.3 cm³/mol. The van der Waals surface area contributed by atoms with Gasteiger partial charge in [0.1, 0.15) is 0 Å². The van der Waals surface area contributed by atoms with Gasteiger partial charge in [-0.15, -0.1) is 0 Å². The molecule has 4 nitrogen and oxygen atoms in total. The summed E-state index contributed by atoms with van der Waals surface area (Å²) in [6, 6.07) is -0.178. The minimum Gasteiger partial charge on any atom is -0.466 e. The van der Waals surface area contributed by atoms with Gasteiger partial charge in [-0.2, -0.15) is 13.2 Å². The van der Waals surface area contributed by atoms with Crippen LogP contribution in [-0.2, 0) is 9.53 Å². The van der Waals surface area contributed by atoms with Crippen molar-refractivity contribution < 1.29 is 22.7 Å². The molecular weight excluding hydrogens is 273 g/mol. The highest BCUT2D eigenvalue weighted by Crippen LogP contribution is 2.22. The smallest absolute Gasteiger partial charge is 0.401 e. The molecule has 1 rings (SSSR count). The molecule has 0 aliphatic carbocycles. The molecule has 0 amide bonds. The summed E-state index contributed by atoms with van der Waals surface area (Å²) in [5.41, 5.74) is 0. The van der Waals surface area contributed by atoms with Crippen molar-refractivity contribution in [3.63, 3.8) is 0 Å². The van der Waals surface area contributed by atoms with E-state index in [1.54, 1.807) is 6.92 Å². The molecule has 20 heavy (non-hydrogen) atoms. The molecule has 0 spiro atoms. The standard InChI is InChI=1S/C13H23F3N2O2/c1-3-20-12(19)5-4-10-6-11(8-18(2)7-10)17-9-13(14,15)16/h10-11,17H,3-9H2,1-2H3. The summed E-state index contributed by atoms with van der Waals surface area (Å²) in [6.45, 7) is 2.56. The first kappa shape index (κ1) is 17.2. The fraction of sp³-hybridized carbons (Fsp3) is 0.923. The highest BCUT2D eigenvalue weighted by atomic mass is 19.4. The molecular formula is C13H23F3N2O2. The van der Waals surface area contributed by atoms with Crippen molar-refractivity contribution >= 4 is 5.97 Å². The number of carbonyl (C=O) groups is 1. The van der Waals surface area contributed by atoms with E-state index in [4.69, 9.17) is 4.74 Å². The van der Waals surface area contributed by atoms with Gasteiger partial charge in [0, 0.05) is 25.6 Å². The number of likely N-dealkylation sites (tertiary alicyclic amines) is 1. The zero-order valence-electron chi connectivity index (χ0n) is 12.0. The van der Waals surface area contributed by atoms with E-state index >= 15 is 0 Å². The Labute approximate surface area is 117 Å². The van der Waals surface area contributed by atoms with Gasteiger partial charge in [0.05, 0.1) is 13.2 Å². The number of hydrogen-bond acceptors (Lipinski definition) is 4. The molecule has 118 valence electrons. The topological polar surface area (TPSA) is 41.6 Å². The number of likely N-dealkylation sites (N-methyl/N-ethyl adjacent to an activating group) is 1. The molecule has 1 fully saturated rings. The van der Waals surface area contributed by atoms with Crippen molar-refractivity contribution in [2.75, 3.05) is 33.3 Å². The highest BCUT2D eigenvalue weighted by molar-refractivity contribution is 5.69. The minimum absolute atomic E-state index is 0.178. The van der Waals surface area contributed by atoms with E-state index in [2.05, 4.69) is 5.32 Å². The quantitative estimate of drug-likeness (QED) is 0.759. The van der Waals surface area contributed by atoms with Crippen LogP contribution in [0.1, 0.15) is 26.2 Å². The van der Waals surface area contributed by atoms with Crippen LogP contribution in [0.4, 0.5) is 13.2 Å². The number of rotatable bonds is 6. The zero-order chi connectivity index (χ0) is 15.2. The molecule has 1 saturated heterocycles. The molecule has 1 N–H and O–H groups in total. The van der Waals surface area contributed by atoms with E-state index in [-0.39, 0.29) is 17.9 Å². The fourth-order valence-electron chi connectivity index (χ4n) is 2.62. The van der Waals surface area contributed by atoms with E-state index in [0.717, 1.165) is 6.54 Å². The molecule has 0 aromatic rings. The molecule has 0 bridgehead atoms. The largest absolute Gasteiger partial charge is 0.466 e. The maximum atomic E-state index is 12.2. The maximum Gasteiger partial charge on any atom is 0.401 e. The average Bonchev–Trinajstić information content (AvgIpc) is 2.33. The number of halogens is 3. The third-order valence-corrected chi connectivity index (χ3v) is 3.37. The second-order valence-corrected chi connectivity index (χ2v) is 5.36. The third-order valence-electron chi connectivity index (χ3n) is 3.37. The summed E-state index contributed by atoms with van der Waals surface area (Å²) in [5, 5.41) is 2.55. The minimum atomic E-state index is -4.18. The second kappa shape index (κ2) is 7.83. The van der Waals surface area contributed by atoms with Crippen LogP contribution < -0.4 is 5.32 Å². The Morgan fingerprint density at radius 2 is 2.10 bits per heavy atom. The molecule has 0 saturated carbocycles. The number of nitrogens with one attached hydrogen (secondary N) is 1. The lowest BCUT2D eigenvalue weighted by Crippen LogP contribution is -2.49. The third kappa shape index (κ3) is 7.09. The van der Waals surface area contributed by atoms with Crippen LogP contribution >= 0.6 is 0 Å². The normalized spacial score (nSPS) is 24.6. The molecule has 0 aromatic carbocycles. The summed E-state index contributed by atoms with van der Waals surface area (Å²) >= 11 is 0. The number of alkyl halides is 3. The van der Waals surface area contributed by atoms with Gasteiger partial charge in [-0.05, 0) is 32.7 Å². The Balaban J connectivity index is 2.35. The number of hydrogen-bond donors (Lipinski definition) is 1. The molecule has 0 radical (unpaired) electrons. The molecule has 1 aliphatic rings. The van der Waals surface area contributed by atoms with Gasteiger partial charge < -0.3 is 15.0 Å². The van der Waals surface area contributed by atoms with Crippen molar-refractivity contribution in [1.29, 1.82) is 0 Å². The number of nitrogens with zero attached hydrogens (tertiary/aromatic N) is 1. The van der Waals surface area contributed by atoms with Crippen LogP contribution in [0.5, 0.6) is 0 Å². The summed E-state index contributed by atoms with van der Waals surface area (Å²) in [7, 11) is 1.89. The van der Waals surface area contributed by atoms with E-state index in [1.807, 2.05) is 11.9 Å². The Hall–Kier alpha value is -0.820. The van der Waals surface area contributed by atoms with E-state index in [1.165, 1.54) is 0 Å². The Morgan fingerprint density at radius 1 is 1.40 bits per heavy atom. The SMILES string of the molecule is CCOC(=O)CCC1CC(NCC(F)(F)F)CN(C)C1. The van der Waals surface area contributed by atoms with Gasteiger partial charge in [-0.1, -0.05) is 0 Å². The number of ether oxygens (including phenoxy) is 1. The van der Waals surface area contributed by atoms with Gasteiger partial charge in [-0.3, -0.25) is 4.79 Å². The van der Waals surface area contributed by atoms with Crippen LogP contribution in [-0.4, -0.2) is 56.4 Å². The van der Waals surface area contributed by atoms with Crippen molar-refractivity contribution in [2.45, 2.75) is 38.4 Å². The number of carbonyl (C=O) groups excluding carboxylic acids is 1. The van der Waals surface area contributed by atoms with Crippen molar-refractivity contribution in [3.8, 4) is 0 Å². The average molecular weight is 296 g/mol. The molecule has 1 aliphatic heterocycles. The van der Waals surface area contributed by atoms with Gasteiger partial charge in [-0.25, -0.2) is 0 Å². The Morgan fingerprint density at radius 3 is 2.70 bits per heavy atom. The Kier molecular flexibility index (Phi) is 6.75. The van der Waals surface area contributed by atoms with Crippen LogP contribution in [0, 0.1) is 5.92 Å². The second-order valence-electron chi connectivity index (χ2n) is 5.36. The zero-order valence-corrected chi connectivity index (χ0v) is 12.0. The summed E-state index contributed by atoms with van der Waals surface area (Å²) in [4.78, 5) is 13.3. The van der Waals surface area contributed by atoms with E-state index in [9.17, 15) is 18.0 Å². The van der Waals surface area contributed by atoms with Crippen LogP contribution in [0.3, 0.4) is 0 Å². The Bertz CT molecular complexity index is 310. The van der Waals surface area contributed by atoms with Crippen LogP contribution in [0.25, 0.3) is 0 Å². The van der Waals surface area contributed by atoms with E-state index in [0.29, 0.717) is 32.4 Å². The molecule has 2 unspecified atom stereocenters. The number of piperidine rings is 1. The molecule has 1 heterocycles. The molecule has 2 atom stereocenters. The first-order chi connectivity index (χ1) is 9.30. The monoisotopic (exact) mass is 296 g/mol. The number of esters is 1. The van der Waals surface area contributed by atoms with E-state index < -0.39 is 12.7 Å². The lowest BCUT2D eigenvalue weighted by Gasteiger charge is -2.36.